The van der Waals surface area contributed by atoms with Gasteiger partial charge in [0.15, 0.2) is 0 Å². The second-order valence-electron chi connectivity index (χ2n) is 17.8. The predicted octanol–water partition coefficient (Wildman–Crippen LogP) is 14.1. The first-order valence-electron chi connectivity index (χ1n) is 20.2. The molecule has 6 aromatic carbocycles. The lowest BCUT2D eigenvalue weighted by Crippen LogP contribution is -2.15. The molecule has 57 heavy (non-hydrogen) atoms. The standard InChI is InChI=1S/C55H44N2/c1-53(2)43-19-9-7-17-41(43)51-45(53)25-27-49(56-51)37-15-11-13-33(29-37)35-21-23-39-40-24-22-36(32-48(40)55(5,6)47(39)31-35)34-14-12-16-38(30-34)50-28-26-46-52(57-50)42-18-8-10-20-44(42)54(46,3)4/h7-32H,1-6H3. The van der Waals surface area contributed by atoms with Gasteiger partial charge in [-0.1, -0.05) is 163 Å². The molecular weight excluding hydrogens is 689 g/mol. The van der Waals surface area contributed by atoms with Crippen molar-refractivity contribution in [1.82, 2.24) is 9.97 Å². The van der Waals surface area contributed by atoms with Gasteiger partial charge in [0.25, 0.3) is 0 Å². The van der Waals surface area contributed by atoms with Crippen LogP contribution in [0, 0.1) is 0 Å². The van der Waals surface area contributed by atoms with E-state index in [1.807, 2.05) is 0 Å². The molecule has 11 rings (SSSR count). The second kappa shape index (κ2) is 11.8. The molecule has 0 N–H and O–H groups in total. The molecule has 0 bridgehead atoms. The van der Waals surface area contributed by atoms with Crippen LogP contribution in [0.1, 0.15) is 74.9 Å². The van der Waals surface area contributed by atoms with Gasteiger partial charge in [-0.05, 0) is 103 Å². The minimum Gasteiger partial charge on any atom is -0.247 e. The van der Waals surface area contributed by atoms with Crippen molar-refractivity contribution in [2.75, 3.05) is 0 Å². The maximum Gasteiger partial charge on any atom is 0.0753 e. The lowest BCUT2D eigenvalue weighted by Gasteiger charge is -2.23. The molecule has 0 saturated carbocycles. The topological polar surface area (TPSA) is 25.8 Å². The van der Waals surface area contributed by atoms with E-state index in [-0.39, 0.29) is 16.2 Å². The summed E-state index contributed by atoms with van der Waals surface area (Å²) in [6.07, 6.45) is 0. The second-order valence-corrected chi connectivity index (χ2v) is 17.8. The van der Waals surface area contributed by atoms with Crippen molar-refractivity contribution in [3.8, 4) is 78.4 Å². The number of benzene rings is 6. The van der Waals surface area contributed by atoms with Crippen LogP contribution >= 0.6 is 0 Å². The van der Waals surface area contributed by atoms with Gasteiger partial charge >= 0.3 is 0 Å². The van der Waals surface area contributed by atoms with E-state index >= 15 is 0 Å². The summed E-state index contributed by atoms with van der Waals surface area (Å²) in [6.45, 7) is 14.0. The first kappa shape index (κ1) is 33.9. The van der Waals surface area contributed by atoms with Crippen LogP contribution < -0.4 is 0 Å². The zero-order chi connectivity index (χ0) is 38.8. The van der Waals surface area contributed by atoms with Crippen LogP contribution in [0.3, 0.4) is 0 Å². The number of nitrogens with zero attached hydrogens (tertiary/aromatic N) is 2. The lowest BCUT2D eigenvalue weighted by molar-refractivity contribution is 0.659. The highest BCUT2D eigenvalue weighted by atomic mass is 14.7. The van der Waals surface area contributed by atoms with Gasteiger partial charge in [0.05, 0.1) is 22.8 Å². The SMILES string of the molecule is CC1(C)c2cc(-c3cccc(-c4ccc5c(n4)-c4ccccc4C5(C)C)c3)ccc2-c2ccc(-c3cccc(-c4ccc5c(n4)-c4ccccc4C5(C)C)c3)cc21. The van der Waals surface area contributed by atoms with Gasteiger partial charge in [-0.15, -0.1) is 0 Å². The van der Waals surface area contributed by atoms with Crippen LogP contribution in [0.25, 0.3) is 78.4 Å². The van der Waals surface area contributed by atoms with Crippen molar-refractivity contribution < 1.29 is 0 Å². The van der Waals surface area contributed by atoms with Crippen LogP contribution in [-0.4, -0.2) is 9.97 Å². The molecule has 3 aliphatic carbocycles. The van der Waals surface area contributed by atoms with Gasteiger partial charge < -0.3 is 0 Å². The van der Waals surface area contributed by atoms with Gasteiger partial charge in [0.2, 0.25) is 0 Å². The number of pyridine rings is 2. The highest BCUT2D eigenvalue weighted by molar-refractivity contribution is 5.87. The highest BCUT2D eigenvalue weighted by Crippen LogP contribution is 2.52. The summed E-state index contributed by atoms with van der Waals surface area (Å²) in [5.74, 6) is 0. The summed E-state index contributed by atoms with van der Waals surface area (Å²) in [5, 5.41) is 0. The molecule has 0 atom stereocenters. The fourth-order valence-electron chi connectivity index (χ4n) is 10.2. The van der Waals surface area contributed by atoms with Crippen molar-refractivity contribution in [2.45, 2.75) is 57.8 Å². The van der Waals surface area contributed by atoms with Crippen LogP contribution in [0.15, 0.2) is 158 Å². The van der Waals surface area contributed by atoms with Crippen molar-refractivity contribution in [1.29, 1.82) is 0 Å². The number of rotatable bonds is 4. The monoisotopic (exact) mass is 732 g/mol. The summed E-state index contributed by atoms with van der Waals surface area (Å²) >= 11 is 0. The molecule has 2 heteroatoms. The Balaban J connectivity index is 0.910. The smallest absolute Gasteiger partial charge is 0.0753 e. The molecule has 274 valence electrons. The lowest BCUT2D eigenvalue weighted by atomic mass is 9.80. The quantitative estimate of drug-likeness (QED) is 0.180. The van der Waals surface area contributed by atoms with Gasteiger partial charge in [-0.3, -0.25) is 0 Å². The molecule has 0 fully saturated rings. The van der Waals surface area contributed by atoms with Gasteiger partial charge in [0.1, 0.15) is 0 Å². The first-order valence-corrected chi connectivity index (χ1v) is 20.2. The third-order valence-electron chi connectivity index (χ3n) is 13.5. The minimum absolute atomic E-state index is 0.0511. The Bertz CT molecular complexity index is 2790. The summed E-state index contributed by atoms with van der Waals surface area (Å²) in [7, 11) is 0. The van der Waals surface area contributed by atoms with E-state index in [0.717, 1.165) is 33.9 Å². The van der Waals surface area contributed by atoms with E-state index in [9.17, 15) is 0 Å². The van der Waals surface area contributed by atoms with E-state index in [1.54, 1.807) is 0 Å². The average Bonchev–Trinajstić information content (AvgIpc) is 3.72. The third-order valence-corrected chi connectivity index (χ3v) is 13.5. The molecule has 0 spiro atoms. The highest BCUT2D eigenvalue weighted by Gasteiger charge is 2.38. The summed E-state index contributed by atoms with van der Waals surface area (Å²) in [4.78, 5) is 10.6. The molecule has 0 saturated heterocycles. The molecule has 2 aromatic heterocycles. The molecule has 2 nitrogen and oxygen atoms in total. The zero-order valence-electron chi connectivity index (χ0n) is 33.4. The largest absolute Gasteiger partial charge is 0.247 e. The van der Waals surface area contributed by atoms with Crippen molar-refractivity contribution in [2.24, 2.45) is 0 Å². The van der Waals surface area contributed by atoms with E-state index < -0.39 is 0 Å². The van der Waals surface area contributed by atoms with Crippen molar-refractivity contribution in [3.63, 3.8) is 0 Å². The predicted molar refractivity (Wildman–Crippen MR) is 236 cm³/mol. The fraction of sp³-hybridized carbons (Fsp3) is 0.164. The van der Waals surface area contributed by atoms with Crippen molar-refractivity contribution >= 4 is 0 Å². The molecular formula is C55H44N2. The summed E-state index contributed by atoms with van der Waals surface area (Å²) in [5.41, 5.74) is 24.3. The number of fused-ring (bicyclic) bond motifs is 9. The van der Waals surface area contributed by atoms with E-state index in [4.69, 9.17) is 9.97 Å². The Kier molecular flexibility index (Phi) is 7.03. The molecule has 0 amide bonds. The Morgan fingerprint density at radius 1 is 0.281 bits per heavy atom. The number of aromatic nitrogens is 2. The summed E-state index contributed by atoms with van der Waals surface area (Å²) < 4.78 is 0. The van der Waals surface area contributed by atoms with E-state index in [1.165, 1.54) is 77.9 Å². The van der Waals surface area contributed by atoms with Crippen LogP contribution in [0.5, 0.6) is 0 Å². The maximum absolute atomic E-state index is 5.28. The molecule has 2 heterocycles. The molecule has 0 aliphatic heterocycles. The summed E-state index contributed by atoms with van der Waals surface area (Å²) in [6, 6.07) is 58.3. The molecule has 3 aliphatic rings. The van der Waals surface area contributed by atoms with E-state index in [2.05, 4.69) is 199 Å². The van der Waals surface area contributed by atoms with E-state index in [0.29, 0.717) is 0 Å². The van der Waals surface area contributed by atoms with Crippen LogP contribution in [0.4, 0.5) is 0 Å². The number of hydrogen-bond donors (Lipinski definition) is 0. The molecule has 0 radical (unpaired) electrons. The Labute approximate surface area is 336 Å². The van der Waals surface area contributed by atoms with Crippen LogP contribution in [0.2, 0.25) is 0 Å². The number of hydrogen-bond acceptors (Lipinski definition) is 2. The fourth-order valence-corrected chi connectivity index (χ4v) is 10.2. The maximum atomic E-state index is 5.28. The first-order chi connectivity index (χ1) is 27.5. The zero-order valence-corrected chi connectivity index (χ0v) is 33.4. The van der Waals surface area contributed by atoms with Gasteiger partial charge in [0, 0.05) is 38.5 Å². The minimum atomic E-state index is -0.157. The third kappa shape index (κ3) is 4.89. The Morgan fingerprint density at radius 2 is 0.667 bits per heavy atom. The molecule has 8 aromatic rings. The Morgan fingerprint density at radius 3 is 1.12 bits per heavy atom. The van der Waals surface area contributed by atoms with Gasteiger partial charge in [-0.25, -0.2) is 9.97 Å². The van der Waals surface area contributed by atoms with Crippen LogP contribution in [-0.2, 0) is 16.2 Å². The average molecular weight is 733 g/mol. The molecule has 0 unspecified atom stereocenters. The Hall–Kier alpha value is -6.38. The van der Waals surface area contributed by atoms with Gasteiger partial charge in [-0.2, -0.15) is 0 Å². The van der Waals surface area contributed by atoms with Crippen molar-refractivity contribution in [3.05, 3.63) is 191 Å². The normalized spacial score (nSPS) is 15.6.